The zero-order valence-electron chi connectivity index (χ0n) is 18.7. The first-order valence-corrected chi connectivity index (χ1v) is 10.1. The minimum Gasteiger partial charge on any atom is -0.351 e. The summed E-state index contributed by atoms with van der Waals surface area (Å²) in [5.74, 6) is -0.204. The third kappa shape index (κ3) is 7.35. The Labute approximate surface area is 180 Å². The number of carbonyl (C=O) groups is 2. The largest absolute Gasteiger partial charge is 0.351 e. The fraction of sp³-hybridized carbons (Fsp3) is 0.375. The number of aryl methyl sites for hydroxylation is 1. The van der Waals surface area contributed by atoms with Gasteiger partial charge in [-0.1, -0.05) is 56.8 Å². The molecule has 3 amide bonds. The number of nitrogens with two attached hydrogens (primary N) is 1. The molecule has 0 radical (unpaired) electrons. The summed E-state index contributed by atoms with van der Waals surface area (Å²) < 4.78 is 0. The molecule has 0 aliphatic heterocycles. The number of carbonyl (C=O) groups excluding carboxylic acids is 2. The number of amides is 3. The van der Waals surface area contributed by atoms with Crippen LogP contribution < -0.4 is 11.1 Å². The number of nitrogens with one attached hydrogen (secondary N) is 1. The first kappa shape index (κ1) is 24.9. The van der Waals surface area contributed by atoms with Crippen LogP contribution in [0.15, 0.2) is 71.0 Å². The molecule has 0 aliphatic carbocycles. The number of primary amides is 1. The second-order valence-electron chi connectivity index (χ2n) is 7.12. The van der Waals surface area contributed by atoms with Crippen LogP contribution in [0.2, 0.25) is 0 Å². The Morgan fingerprint density at radius 1 is 1.30 bits per heavy atom. The molecule has 3 N–H and O–H groups in total. The summed E-state index contributed by atoms with van der Waals surface area (Å²) in [4.78, 5) is 30.0. The van der Waals surface area contributed by atoms with E-state index in [9.17, 15) is 9.59 Å². The van der Waals surface area contributed by atoms with Crippen LogP contribution in [0.4, 0.5) is 4.79 Å². The van der Waals surface area contributed by atoms with Gasteiger partial charge in [-0.25, -0.2) is 4.79 Å². The van der Waals surface area contributed by atoms with Gasteiger partial charge in [0.05, 0.1) is 0 Å². The lowest BCUT2D eigenvalue weighted by Crippen LogP contribution is -2.31. The number of nitrogens with zero attached hydrogens (tertiary/aromatic N) is 2. The van der Waals surface area contributed by atoms with E-state index in [0.29, 0.717) is 18.4 Å². The van der Waals surface area contributed by atoms with Crippen molar-refractivity contribution in [2.75, 3.05) is 14.1 Å². The van der Waals surface area contributed by atoms with E-state index in [-0.39, 0.29) is 11.8 Å². The van der Waals surface area contributed by atoms with E-state index in [1.54, 1.807) is 14.1 Å². The lowest BCUT2D eigenvalue weighted by Gasteiger charge is -2.19. The highest BCUT2D eigenvalue weighted by Crippen LogP contribution is 2.19. The average molecular weight is 411 g/mol. The van der Waals surface area contributed by atoms with Crippen LogP contribution in [0.25, 0.3) is 0 Å². The van der Waals surface area contributed by atoms with Crippen molar-refractivity contribution in [3.63, 3.8) is 0 Å². The van der Waals surface area contributed by atoms with Gasteiger partial charge in [-0.15, -0.1) is 0 Å². The normalized spacial score (nSPS) is 13.9. The molecule has 0 saturated heterocycles. The quantitative estimate of drug-likeness (QED) is 0.447. The summed E-state index contributed by atoms with van der Waals surface area (Å²) in [5, 5.41) is 2.77. The van der Waals surface area contributed by atoms with Crippen LogP contribution in [0, 0.1) is 5.92 Å². The van der Waals surface area contributed by atoms with Gasteiger partial charge in [0.1, 0.15) is 0 Å². The molecule has 1 aromatic rings. The van der Waals surface area contributed by atoms with Gasteiger partial charge in [0.25, 0.3) is 5.91 Å². The average Bonchev–Trinajstić information content (AvgIpc) is 2.74. The highest BCUT2D eigenvalue weighted by Gasteiger charge is 2.18. The second-order valence-corrected chi connectivity index (χ2v) is 7.12. The Bertz CT molecular complexity index is 838. The van der Waals surface area contributed by atoms with E-state index in [2.05, 4.69) is 16.9 Å². The highest BCUT2D eigenvalue weighted by atomic mass is 16.2. The molecule has 0 fully saturated rings. The highest BCUT2D eigenvalue weighted by molar-refractivity contribution is 6.04. The van der Waals surface area contributed by atoms with E-state index in [4.69, 9.17) is 5.73 Å². The Balaban J connectivity index is 3.20. The van der Waals surface area contributed by atoms with Crippen molar-refractivity contribution in [1.29, 1.82) is 0 Å². The lowest BCUT2D eigenvalue weighted by molar-refractivity contribution is -0.123. The fourth-order valence-corrected chi connectivity index (χ4v) is 3.30. The zero-order chi connectivity index (χ0) is 22.7. The van der Waals surface area contributed by atoms with Crippen molar-refractivity contribution in [1.82, 2.24) is 10.2 Å². The fourth-order valence-electron chi connectivity index (χ4n) is 3.30. The van der Waals surface area contributed by atoms with Crippen molar-refractivity contribution < 1.29 is 9.59 Å². The third-order valence-corrected chi connectivity index (χ3v) is 4.99. The molecular formula is C24H34N4O2. The maximum Gasteiger partial charge on any atom is 0.316 e. The van der Waals surface area contributed by atoms with Gasteiger partial charge >= 0.3 is 6.03 Å². The molecule has 0 aromatic heterocycles. The minimum absolute atomic E-state index is 0.0870. The Morgan fingerprint density at radius 3 is 2.43 bits per heavy atom. The SMILES string of the molecule is C=CN(C)C(=O)/C(=C\C(C)C(=N/C)/C(C)=C(\CCc1ccccc1)NC(N)=O)CC. The molecule has 6 nitrogen and oxygen atoms in total. The van der Waals surface area contributed by atoms with E-state index in [1.807, 2.05) is 57.2 Å². The van der Waals surface area contributed by atoms with E-state index >= 15 is 0 Å². The van der Waals surface area contributed by atoms with Crippen LogP contribution >= 0.6 is 0 Å². The lowest BCUT2D eigenvalue weighted by atomic mass is 9.93. The van der Waals surface area contributed by atoms with E-state index in [0.717, 1.165) is 23.4 Å². The molecule has 1 aromatic carbocycles. The minimum atomic E-state index is -0.604. The van der Waals surface area contributed by atoms with Crippen LogP contribution in [-0.4, -0.2) is 36.6 Å². The number of hydrogen-bond acceptors (Lipinski definition) is 3. The predicted octanol–water partition coefficient (Wildman–Crippen LogP) is 4.21. The Hall–Kier alpha value is -3.15. The standard InChI is InChI=1S/C24H34N4O2/c1-7-20(23(29)28(6)8-2)16-17(3)22(26-5)18(4)21(27-24(25)30)15-14-19-12-10-9-11-13-19/h8-13,16-17H,2,7,14-15H2,1,3-6H3,(H3,25,27,30)/b20-16-,21-18+,26-22-. The smallest absolute Gasteiger partial charge is 0.316 e. The molecule has 1 unspecified atom stereocenters. The predicted molar refractivity (Wildman–Crippen MR) is 124 cm³/mol. The maximum absolute atomic E-state index is 12.5. The molecule has 0 saturated carbocycles. The topological polar surface area (TPSA) is 87.8 Å². The van der Waals surface area contributed by atoms with Crippen LogP contribution in [-0.2, 0) is 11.2 Å². The maximum atomic E-state index is 12.5. The number of benzene rings is 1. The van der Waals surface area contributed by atoms with Gasteiger partial charge in [0.2, 0.25) is 0 Å². The van der Waals surface area contributed by atoms with E-state index < -0.39 is 6.03 Å². The van der Waals surface area contributed by atoms with Gasteiger partial charge in [0, 0.05) is 37.0 Å². The monoisotopic (exact) mass is 410 g/mol. The van der Waals surface area contributed by atoms with Gasteiger partial charge in [-0.05, 0) is 43.5 Å². The van der Waals surface area contributed by atoms with Gasteiger partial charge in [0.15, 0.2) is 0 Å². The van der Waals surface area contributed by atoms with Gasteiger partial charge in [-0.3, -0.25) is 9.79 Å². The molecule has 162 valence electrons. The third-order valence-electron chi connectivity index (χ3n) is 4.99. The number of urea groups is 1. The summed E-state index contributed by atoms with van der Waals surface area (Å²) in [6.07, 6.45) is 5.40. The zero-order valence-corrected chi connectivity index (χ0v) is 18.7. The summed E-state index contributed by atoms with van der Waals surface area (Å²) >= 11 is 0. The summed E-state index contributed by atoms with van der Waals surface area (Å²) in [7, 11) is 3.40. The summed E-state index contributed by atoms with van der Waals surface area (Å²) in [6.45, 7) is 9.50. The molecular weight excluding hydrogens is 376 g/mol. The molecule has 0 heterocycles. The number of hydrogen-bond donors (Lipinski definition) is 2. The molecule has 6 heteroatoms. The van der Waals surface area contributed by atoms with Gasteiger partial charge in [-0.2, -0.15) is 0 Å². The molecule has 1 rings (SSSR count). The second kappa shape index (κ2) is 12.4. The first-order valence-electron chi connectivity index (χ1n) is 10.1. The number of aliphatic imine (C=N–C) groups is 1. The summed E-state index contributed by atoms with van der Waals surface area (Å²) in [5.41, 5.74) is 9.66. The number of rotatable bonds is 10. The van der Waals surface area contributed by atoms with Gasteiger partial charge < -0.3 is 16.0 Å². The van der Waals surface area contributed by atoms with Crippen LogP contribution in [0.5, 0.6) is 0 Å². The van der Waals surface area contributed by atoms with Crippen LogP contribution in [0.1, 0.15) is 39.2 Å². The van der Waals surface area contributed by atoms with Crippen molar-refractivity contribution >= 4 is 17.6 Å². The Kier molecular flexibility index (Phi) is 10.3. The van der Waals surface area contributed by atoms with Crippen molar-refractivity contribution in [2.24, 2.45) is 16.6 Å². The Morgan fingerprint density at radius 2 is 1.93 bits per heavy atom. The summed E-state index contributed by atoms with van der Waals surface area (Å²) in [6, 6.07) is 9.44. The van der Waals surface area contributed by atoms with E-state index in [1.165, 1.54) is 16.7 Å². The molecule has 1 atom stereocenters. The molecule has 0 bridgehead atoms. The van der Waals surface area contributed by atoms with Crippen molar-refractivity contribution in [3.05, 3.63) is 71.6 Å². The first-order chi connectivity index (χ1) is 14.2. The molecule has 0 spiro atoms. The molecule has 30 heavy (non-hydrogen) atoms. The number of likely N-dealkylation sites (N-methyl/N-ethyl adjacent to an activating group) is 1. The number of allylic oxidation sites excluding steroid dienone is 3. The van der Waals surface area contributed by atoms with Crippen molar-refractivity contribution in [2.45, 2.75) is 40.0 Å². The van der Waals surface area contributed by atoms with Crippen molar-refractivity contribution in [3.8, 4) is 0 Å². The molecule has 0 aliphatic rings. The van der Waals surface area contributed by atoms with Crippen LogP contribution in [0.3, 0.4) is 0 Å².